The van der Waals surface area contributed by atoms with Gasteiger partial charge in [0.25, 0.3) is 0 Å². The molecule has 256 valence electrons. The summed E-state index contributed by atoms with van der Waals surface area (Å²) in [6.45, 7) is 5.13. The lowest BCUT2D eigenvalue weighted by molar-refractivity contribution is -0.184. The maximum Gasteiger partial charge on any atom is 0.328 e. The second-order valence-corrected chi connectivity index (χ2v) is 14.3. The molecule has 4 aliphatic rings. The van der Waals surface area contributed by atoms with Crippen LogP contribution in [0.2, 0.25) is 0 Å². The summed E-state index contributed by atoms with van der Waals surface area (Å²) in [7, 11) is 0. The molecule has 47 heavy (non-hydrogen) atoms. The van der Waals surface area contributed by atoms with Crippen molar-refractivity contribution in [3.63, 3.8) is 0 Å². The SMILES string of the molecule is CCOC(=O)[C@H](Cc1ccc(O)cc1)NC(=O)CCC(=O)OCC(=O)[C@@]1(O)CC[C@@H]2[C@@H]3CCC4=CC(=O)CC[C@]4(C)[C@@H]3[C@@H](O)C[C@@]21C. The predicted octanol–water partition coefficient (Wildman–Crippen LogP) is 3.11. The number of phenolic OH excluding ortho intramolecular Hbond substituents is 1. The molecule has 0 heterocycles. The molecule has 0 aliphatic heterocycles. The molecule has 8 atom stereocenters. The molecular weight excluding hydrogens is 606 g/mol. The van der Waals surface area contributed by atoms with E-state index in [1.165, 1.54) is 12.1 Å². The number of benzene rings is 1. The van der Waals surface area contributed by atoms with Crippen LogP contribution in [0.3, 0.4) is 0 Å². The topological polar surface area (TPSA) is 177 Å². The minimum Gasteiger partial charge on any atom is -0.508 e. The molecular formula is C36H47NO10. The number of aliphatic hydroxyl groups is 2. The van der Waals surface area contributed by atoms with E-state index in [-0.39, 0.29) is 73.4 Å². The van der Waals surface area contributed by atoms with Gasteiger partial charge < -0.3 is 30.1 Å². The first-order valence-corrected chi connectivity index (χ1v) is 16.8. The predicted molar refractivity (Wildman–Crippen MR) is 169 cm³/mol. The first-order chi connectivity index (χ1) is 22.2. The largest absolute Gasteiger partial charge is 0.508 e. The maximum absolute atomic E-state index is 13.5. The fourth-order valence-corrected chi connectivity index (χ4v) is 9.27. The second kappa shape index (κ2) is 13.5. The lowest BCUT2D eigenvalue weighted by Gasteiger charge is -2.60. The third kappa shape index (κ3) is 6.61. The summed E-state index contributed by atoms with van der Waals surface area (Å²) in [6.07, 6.45) is 4.24. The molecule has 0 spiro atoms. The van der Waals surface area contributed by atoms with Gasteiger partial charge in [0.05, 0.1) is 19.1 Å². The summed E-state index contributed by atoms with van der Waals surface area (Å²) in [4.78, 5) is 63.4. The van der Waals surface area contributed by atoms with Gasteiger partial charge in [0.15, 0.2) is 12.4 Å². The van der Waals surface area contributed by atoms with Crippen LogP contribution in [-0.2, 0) is 39.9 Å². The number of rotatable bonds is 11. The van der Waals surface area contributed by atoms with E-state index in [0.717, 1.165) is 18.4 Å². The molecule has 5 rings (SSSR count). The Balaban J connectivity index is 1.16. The zero-order valence-corrected chi connectivity index (χ0v) is 27.5. The lowest BCUT2D eigenvalue weighted by Crippen LogP contribution is -2.62. The van der Waals surface area contributed by atoms with E-state index in [2.05, 4.69) is 12.2 Å². The van der Waals surface area contributed by atoms with E-state index in [0.29, 0.717) is 24.8 Å². The summed E-state index contributed by atoms with van der Waals surface area (Å²) in [5.74, 6) is -2.40. The number of phenols is 1. The van der Waals surface area contributed by atoms with Crippen molar-refractivity contribution >= 4 is 29.4 Å². The summed E-state index contributed by atoms with van der Waals surface area (Å²) < 4.78 is 10.3. The summed E-state index contributed by atoms with van der Waals surface area (Å²) in [5, 5.41) is 35.5. The van der Waals surface area contributed by atoms with Crippen molar-refractivity contribution < 1.29 is 48.8 Å². The number of hydrogen-bond acceptors (Lipinski definition) is 10. The molecule has 0 unspecified atom stereocenters. The van der Waals surface area contributed by atoms with E-state index < -0.39 is 53.4 Å². The molecule has 11 heteroatoms. The van der Waals surface area contributed by atoms with Crippen molar-refractivity contribution in [3.8, 4) is 5.75 Å². The molecule has 1 amide bonds. The fraction of sp³-hybridized carbons (Fsp3) is 0.639. The van der Waals surface area contributed by atoms with Gasteiger partial charge in [-0.05, 0) is 92.4 Å². The Morgan fingerprint density at radius 2 is 1.74 bits per heavy atom. The molecule has 0 aromatic heterocycles. The van der Waals surface area contributed by atoms with E-state index in [1.54, 1.807) is 25.1 Å². The first kappa shape index (κ1) is 34.8. The van der Waals surface area contributed by atoms with Crippen LogP contribution in [0.25, 0.3) is 0 Å². The first-order valence-electron chi connectivity index (χ1n) is 16.8. The smallest absolute Gasteiger partial charge is 0.328 e. The lowest BCUT2D eigenvalue weighted by atomic mass is 9.45. The number of esters is 2. The molecule has 0 saturated heterocycles. The highest BCUT2D eigenvalue weighted by Gasteiger charge is 2.68. The minimum absolute atomic E-state index is 0.00540. The molecule has 3 fully saturated rings. The Bertz CT molecular complexity index is 1440. The van der Waals surface area contributed by atoms with Crippen LogP contribution in [0.1, 0.15) is 84.1 Å². The van der Waals surface area contributed by atoms with Crippen molar-refractivity contribution in [1.82, 2.24) is 5.32 Å². The molecule has 4 aliphatic carbocycles. The average molecular weight is 654 g/mol. The molecule has 3 saturated carbocycles. The average Bonchev–Trinajstić information content (AvgIpc) is 3.30. The quantitative estimate of drug-likeness (QED) is 0.260. The van der Waals surface area contributed by atoms with E-state index in [9.17, 15) is 39.3 Å². The molecule has 4 N–H and O–H groups in total. The Labute approximate surface area is 275 Å². The highest BCUT2D eigenvalue weighted by atomic mass is 16.5. The van der Waals surface area contributed by atoms with Crippen LogP contribution in [-0.4, -0.2) is 75.7 Å². The number of amides is 1. The van der Waals surface area contributed by atoms with Crippen LogP contribution in [0.4, 0.5) is 0 Å². The molecule has 11 nitrogen and oxygen atoms in total. The van der Waals surface area contributed by atoms with Crippen LogP contribution >= 0.6 is 0 Å². The second-order valence-electron chi connectivity index (χ2n) is 14.3. The van der Waals surface area contributed by atoms with Gasteiger partial charge in [-0.1, -0.05) is 31.6 Å². The van der Waals surface area contributed by atoms with E-state index >= 15 is 0 Å². The van der Waals surface area contributed by atoms with Crippen molar-refractivity contribution in [3.05, 3.63) is 41.5 Å². The number of ketones is 2. The van der Waals surface area contributed by atoms with Crippen LogP contribution in [0, 0.1) is 28.6 Å². The van der Waals surface area contributed by atoms with Gasteiger partial charge in [-0.2, -0.15) is 0 Å². The number of carbonyl (C=O) groups excluding carboxylic acids is 5. The Hall–Kier alpha value is -3.57. The highest BCUT2D eigenvalue weighted by molar-refractivity contribution is 5.92. The normalized spacial score (nSPS) is 33.4. The highest BCUT2D eigenvalue weighted by Crippen LogP contribution is 2.67. The maximum atomic E-state index is 13.5. The van der Waals surface area contributed by atoms with Gasteiger partial charge in [-0.3, -0.25) is 19.2 Å². The molecule has 1 aromatic carbocycles. The zero-order valence-electron chi connectivity index (χ0n) is 27.5. The van der Waals surface area contributed by atoms with Crippen LogP contribution < -0.4 is 5.32 Å². The number of fused-ring (bicyclic) bond motifs is 5. The number of aliphatic hydroxyl groups excluding tert-OH is 1. The zero-order chi connectivity index (χ0) is 34.1. The minimum atomic E-state index is -1.78. The van der Waals surface area contributed by atoms with Gasteiger partial charge >= 0.3 is 11.9 Å². The monoisotopic (exact) mass is 653 g/mol. The van der Waals surface area contributed by atoms with Crippen molar-refractivity contribution in [2.75, 3.05) is 13.2 Å². The van der Waals surface area contributed by atoms with Crippen LogP contribution in [0.5, 0.6) is 5.75 Å². The van der Waals surface area contributed by atoms with Gasteiger partial charge in [-0.25, -0.2) is 4.79 Å². The summed E-state index contributed by atoms with van der Waals surface area (Å²) in [6, 6.07) is 5.18. The van der Waals surface area contributed by atoms with Gasteiger partial charge in [-0.15, -0.1) is 0 Å². The Morgan fingerprint density at radius 3 is 2.45 bits per heavy atom. The standard InChI is InChI=1S/C36H47NO10/c1-4-46-33(44)27(17-21-5-8-23(38)9-6-21)37-30(42)11-12-31(43)47-20-29(41)36(45)16-14-26-25-10-7-22-18-24(39)13-15-34(22,2)32(25)28(40)19-35(26,36)3/h5-6,8-9,18,25-28,32,38,40,45H,4,7,10-17,19-20H2,1-3H3,(H,37,42)/t25-,26+,27-,28-,32-,34-,35-,36-/m0/s1. The fourth-order valence-electron chi connectivity index (χ4n) is 9.27. The summed E-state index contributed by atoms with van der Waals surface area (Å²) in [5.41, 5.74) is -1.17. The third-order valence-corrected chi connectivity index (χ3v) is 11.7. The molecule has 1 aromatic rings. The van der Waals surface area contributed by atoms with E-state index in [4.69, 9.17) is 9.47 Å². The number of Topliss-reactive ketones (excluding diaryl/α,β-unsaturated/α-hetero) is 1. The molecule has 0 bridgehead atoms. The number of carbonyl (C=O) groups is 5. The number of aromatic hydroxyl groups is 1. The van der Waals surface area contributed by atoms with Crippen molar-refractivity contribution in [1.29, 1.82) is 0 Å². The van der Waals surface area contributed by atoms with Crippen LogP contribution in [0.15, 0.2) is 35.9 Å². The Morgan fingerprint density at radius 1 is 1.02 bits per heavy atom. The number of nitrogens with one attached hydrogen (secondary N) is 1. The summed E-state index contributed by atoms with van der Waals surface area (Å²) >= 11 is 0. The Kier molecular flexibility index (Phi) is 9.99. The van der Waals surface area contributed by atoms with E-state index in [1.807, 2.05) is 6.92 Å². The van der Waals surface area contributed by atoms with Crippen molar-refractivity contribution in [2.45, 2.75) is 103 Å². The number of hydrogen-bond donors (Lipinski definition) is 4. The van der Waals surface area contributed by atoms with Gasteiger partial charge in [0.1, 0.15) is 17.4 Å². The van der Waals surface area contributed by atoms with Crippen molar-refractivity contribution in [2.24, 2.45) is 28.6 Å². The van der Waals surface area contributed by atoms with Gasteiger partial charge in [0, 0.05) is 24.7 Å². The number of allylic oxidation sites excluding steroid dienone is 1. The molecule has 0 radical (unpaired) electrons. The number of ether oxygens (including phenoxy) is 2. The third-order valence-electron chi connectivity index (χ3n) is 11.7. The van der Waals surface area contributed by atoms with Gasteiger partial charge in [0.2, 0.25) is 11.7 Å².